The third kappa shape index (κ3) is 2.00. The van der Waals surface area contributed by atoms with Gasteiger partial charge in [-0.2, -0.15) is 0 Å². The van der Waals surface area contributed by atoms with Crippen molar-refractivity contribution in [2.24, 2.45) is 0 Å². The van der Waals surface area contributed by atoms with Gasteiger partial charge in [-0.1, -0.05) is 5.92 Å². The van der Waals surface area contributed by atoms with Crippen molar-refractivity contribution in [2.75, 3.05) is 14.2 Å². The van der Waals surface area contributed by atoms with Crippen LogP contribution in [0.5, 0.6) is 11.5 Å². The molecular weight excluding hydrogens is 176 g/mol. The third-order valence-corrected chi connectivity index (χ3v) is 2.15. The van der Waals surface area contributed by atoms with Gasteiger partial charge in [0.15, 0.2) is 0 Å². The fourth-order valence-corrected chi connectivity index (χ4v) is 1.27. The van der Waals surface area contributed by atoms with Crippen LogP contribution in [0.2, 0.25) is 0 Å². The first-order valence-electron chi connectivity index (χ1n) is 4.41. The van der Waals surface area contributed by atoms with E-state index < -0.39 is 0 Å². The molecule has 0 saturated carbocycles. The fourth-order valence-electron chi connectivity index (χ4n) is 1.27. The van der Waals surface area contributed by atoms with Crippen LogP contribution in [0, 0.1) is 12.3 Å². The Morgan fingerprint density at radius 2 is 2.00 bits per heavy atom. The summed E-state index contributed by atoms with van der Waals surface area (Å²) in [7, 11) is 3.26. The molecule has 0 spiro atoms. The molecule has 0 bridgehead atoms. The van der Waals surface area contributed by atoms with Crippen LogP contribution < -0.4 is 9.47 Å². The molecule has 0 aliphatic carbocycles. The second kappa shape index (κ2) is 4.57. The van der Waals surface area contributed by atoms with Crippen molar-refractivity contribution in [2.45, 2.75) is 12.8 Å². The van der Waals surface area contributed by atoms with Gasteiger partial charge in [0.05, 0.1) is 14.2 Å². The topological polar surface area (TPSA) is 18.5 Å². The highest BCUT2D eigenvalue weighted by Crippen LogP contribution is 2.29. The van der Waals surface area contributed by atoms with Gasteiger partial charge >= 0.3 is 0 Å². The molecule has 1 aromatic carbocycles. The lowest BCUT2D eigenvalue weighted by Gasteiger charge is -2.12. The highest BCUT2D eigenvalue weighted by atomic mass is 16.5. The fraction of sp³-hybridized carbons (Fsp3) is 0.333. The molecule has 0 N–H and O–H groups in total. The summed E-state index contributed by atoms with van der Waals surface area (Å²) in [5.41, 5.74) is 0.981. The lowest BCUT2D eigenvalue weighted by atomic mass is 10.0. The molecular formula is C12H14O2. The largest absolute Gasteiger partial charge is 0.497 e. The standard InChI is InChI=1S/C12H14O2/c1-5-9(2)11-8-10(13-3)6-7-12(11)14-4/h1,6-9H,2-4H3. The molecule has 0 aromatic heterocycles. The van der Waals surface area contributed by atoms with Crippen LogP contribution in [-0.2, 0) is 0 Å². The molecule has 0 saturated heterocycles. The normalized spacial score (nSPS) is 11.6. The smallest absolute Gasteiger partial charge is 0.123 e. The first-order valence-corrected chi connectivity index (χ1v) is 4.41. The molecule has 1 atom stereocenters. The van der Waals surface area contributed by atoms with Crippen molar-refractivity contribution in [3.63, 3.8) is 0 Å². The summed E-state index contributed by atoms with van der Waals surface area (Å²) in [6.45, 7) is 1.96. The maximum Gasteiger partial charge on any atom is 0.123 e. The Balaban J connectivity index is 3.16. The molecule has 2 heteroatoms. The van der Waals surface area contributed by atoms with Gasteiger partial charge in [0.25, 0.3) is 0 Å². The molecule has 2 nitrogen and oxygen atoms in total. The Bertz CT molecular complexity index is 350. The molecule has 0 fully saturated rings. The van der Waals surface area contributed by atoms with E-state index in [-0.39, 0.29) is 5.92 Å². The minimum atomic E-state index is 0.0278. The number of benzene rings is 1. The van der Waals surface area contributed by atoms with Gasteiger partial charge in [-0.3, -0.25) is 0 Å². The number of ether oxygens (including phenoxy) is 2. The molecule has 74 valence electrons. The highest BCUT2D eigenvalue weighted by molar-refractivity contribution is 5.44. The van der Waals surface area contributed by atoms with Crippen molar-refractivity contribution in [3.05, 3.63) is 23.8 Å². The van der Waals surface area contributed by atoms with E-state index in [2.05, 4.69) is 5.92 Å². The van der Waals surface area contributed by atoms with Gasteiger partial charge in [-0.05, 0) is 25.1 Å². The van der Waals surface area contributed by atoms with Crippen LogP contribution >= 0.6 is 0 Å². The predicted molar refractivity (Wildman–Crippen MR) is 56.8 cm³/mol. The third-order valence-electron chi connectivity index (χ3n) is 2.15. The number of hydrogen-bond acceptors (Lipinski definition) is 2. The van der Waals surface area contributed by atoms with Crippen LogP contribution in [0.1, 0.15) is 18.4 Å². The second-order valence-electron chi connectivity index (χ2n) is 3.00. The zero-order valence-electron chi connectivity index (χ0n) is 8.70. The van der Waals surface area contributed by atoms with Crippen LogP contribution in [0.15, 0.2) is 18.2 Å². The van der Waals surface area contributed by atoms with Crippen molar-refractivity contribution < 1.29 is 9.47 Å². The molecule has 0 aliphatic heterocycles. The summed E-state index contributed by atoms with van der Waals surface area (Å²) in [5.74, 6) is 4.30. The number of rotatable bonds is 3. The van der Waals surface area contributed by atoms with E-state index in [1.807, 2.05) is 25.1 Å². The predicted octanol–water partition coefficient (Wildman–Crippen LogP) is 2.44. The Morgan fingerprint density at radius 1 is 1.29 bits per heavy atom. The first-order chi connectivity index (χ1) is 6.72. The zero-order valence-corrected chi connectivity index (χ0v) is 8.70. The second-order valence-corrected chi connectivity index (χ2v) is 3.00. The molecule has 0 amide bonds. The van der Waals surface area contributed by atoms with E-state index >= 15 is 0 Å². The van der Waals surface area contributed by atoms with Crippen molar-refractivity contribution >= 4 is 0 Å². The van der Waals surface area contributed by atoms with Crippen LogP contribution in [0.25, 0.3) is 0 Å². The van der Waals surface area contributed by atoms with E-state index in [1.54, 1.807) is 14.2 Å². The van der Waals surface area contributed by atoms with Crippen LogP contribution in [-0.4, -0.2) is 14.2 Å². The first kappa shape index (κ1) is 10.5. The van der Waals surface area contributed by atoms with Gasteiger partial charge < -0.3 is 9.47 Å². The van der Waals surface area contributed by atoms with Crippen LogP contribution in [0.3, 0.4) is 0 Å². The van der Waals surface area contributed by atoms with Gasteiger partial charge in [-0.25, -0.2) is 0 Å². The maximum atomic E-state index is 5.37. The van der Waals surface area contributed by atoms with Gasteiger partial charge in [0.2, 0.25) is 0 Å². The summed E-state index contributed by atoms with van der Waals surface area (Å²) in [6, 6.07) is 5.62. The molecule has 0 aliphatic rings. The molecule has 1 aromatic rings. The Labute approximate surface area is 84.8 Å². The Hall–Kier alpha value is -1.62. The van der Waals surface area contributed by atoms with Crippen LogP contribution in [0.4, 0.5) is 0 Å². The van der Waals surface area contributed by atoms with E-state index in [0.717, 1.165) is 17.1 Å². The van der Waals surface area contributed by atoms with E-state index in [4.69, 9.17) is 15.9 Å². The molecule has 0 heterocycles. The highest BCUT2D eigenvalue weighted by Gasteiger charge is 2.09. The molecule has 14 heavy (non-hydrogen) atoms. The summed E-state index contributed by atoms with van der Waals surface area (Å²) < 4.78 is 10.3. The number of terminal acetylenes is 1. The molecule has 0 radical (unpaired) electrons. The maximum absolute atomic E-state index is 5.37. The SMILES string of the molecule is C#CC(C)c1cc(OC)ccc1OC. The van der Waals surface area contributed by atoms with Gasteiger partial charge in [0, 0.05) is 11.5 Å². The van der Waals surface area contributed by atoms with E-state index in [1.165, 1.54) is 0 Å². The average molecular weight is 190 g/mol. The summed E-state index contributed by atoms with van der Waals surface area (Å²) in [4.78, 5) is 0. The zero-order chi connectivity index (χ0) is 10.6. The van der Waals surface area contributed by atoms with Crippen molar-refractivity contribution in [3.8, 4) is 23.8 Å². The number of hydrogen-bond donors (Lipinski definition) is 0. The minimum absolute atomic E-state index is 0.0278. The van der Waals surface area contributed by atoms with E-state index in [0.29, 0.717) is 0 Å². The quantitative estimate of drug-likeness (QED) is 0.681. The van der Waals surface area contributed by atoms with Crippen molar-refractivity contribution in [1.29, 1.82) is 0 Å². The van der Waals surface area contributed by atoms with Gasteiger partial charge in [0.1, 0.15) is 11.5 Å². The average Bonchev–Trinajstić information content (AvgIpc) is 2.27. The van der Waals surface area contributed by atoms with Gasteiger partial charge in [-0.15, -0.1) is 6.42 Å². The summed E-state index contributed by atoms with van der Waals surface area (Å²) in [6.07, 6.45) is 5.37. The molecule has 1 unspecified atom stereocenters. The van der Waals surface area contributed by atoms with E-state index in [9.17, 15) is 0 Å². The number of methoxy groups -OCH3 is 2. The molecule has 1 rings (SSSR count). The summed E-state index contributed by atoms with van der Waals surface area (Å²) in [5, 5.41) is 0. The lowest BCUT2D eigenvalue weighted by molar-refractivity contribution is 0.398. The lowest BCUT2D eigenvalue weighted by Crippen LogP contribution is -1.96. The minimum Gasteiger partial charge on any atom is -0.497 e. The van der Waals surface area contributed by atoms with Crippen molar-refractivity contribution in [1.82, 2.24) is 0 Å². The monoisotopic (exact) mass is 190 g/mol. The Morgan fingerprint density at radius 3 is 2.50 bits per heavy atom. The Kier molecular flexibility index (Phi) is 3.41. The summed E-state index contributed by atoms with van der Waals surface area (Å²) >= 11 is 0.